The molecule has 1 aromatic carbocycles. The lowest BCUT2D eigenvalue weighted by molar-refractivity contribution is 0.0233. The third-order valence-corrected chi connectivity index (χ3v) is 5.53. The van der Waals surface area contributed by atoms with Crippen molar-refractivity contribution < 1.29 is 5.11 Å². The van der Waals surface area contributed by atoms with Crippen molar-refractivity contribution >= 4 is 0 Å². The van der Waals surface area contributed by atoms with Crippen LogP contribution in [0.5, 0.6) is 0 Å². The highest BCUT2D eigenvalue weighted by atomic mass is 16.3. The minimum absolute atomic E-state index is 0.387. The van der Waals surface area contributed by atoms with Crippen molar-refractivity contribution in [1.29, 1.82) is 5.26 Å². The number of benzene rings is 1. The Morgan fingerprint density at radius 1 is 1.29 bits per heavy atom. The van der Waals surface area contributed by atoms with E-state index in [1.807, 2.05) is 12.1 Å². The SMILES string of the molecule is CC(C)Cc1ccc(C(O)C2(C#N)CC3CCC2C3)cc1. The number of fused-ring (bicyclic) bond motifs is 2. The predicted molar refractivity (Wildman–Crippen MR) is 83.4 cm³/mol. The maximum absolute atomic E-state index is 10.8. The summed E-state index contributed by atoms with van der Waals surface area (Å²) in [6.45, 7) is 4.42. The molecule has 1 aromatic rings. The Hall–Kier alpha value is -1.33. The van der Waals surface area contributed by atoms with E-state index in [0.29, 0.717) is 17.8 Å². The van der Waals surface area contributed by atoms with Crippen LogP contribution in [0, 0.1) is 34.5 Å². The molecule has 4 atom stereocenters. The van der Waals surface area contributed by atoms with Crippen LogP contribution in [0.4, 0.5) is 0 Å². The fourth-order valence-electron chi connectivity index (χ4n) is 4.51. The molecule has 0 radical (unpaired) electrons. The van der Waals surface area contributed by atoms with Crippen LogP contribution < -0.4 is 0 Å². The Balaban J connectivity index is 1.81. The van der Waals surface area contributed by atoms with Crippen molar-refractivity contribution in [3.63, 3.8) is 0 Å². The molecule has 2 aliphatic carbocycles. The van der Waals surface area contributed by atoms with Crippen molar-refractivity contribution in [3.05, 3.63) is 35.4 Å². The fraction of sp³-hybridized carbons (Fsp3) is 0.632. The minimum Gasteiger partial charge on any atom is -0.387 e. The third-order valence-electron chi connectivity index (χ3n) is 5.53. The Kier molecular flexibility index (Phi) is 3.80. The second kappa shape index (κ2) is 5.46. The summed E-state index contributed by atoms with van der Waals surface area (Å²) in [6.07, 6.45) is 4.80. The summed E-state index contributed by atoms with van der Waals surface area (Å²) in [5, 5.41) is 20.6. The van der Waals surface area contributed by atoms with Crippen LogP contribution in [0.2, 0.25) is 0 Å². The molecule has 21 heavy (non-hydrogen) atoms. The average molecular weight is 283 g/mol. The molecule has 2 bridgehead atoms. The van der Waals surface area contributed by atoms with Gasteiger partial charge in [-0.1, -0.05) is 44.5 Å². The second-order valence-electron chi connectivity index (χ2n) is 7.47. The Labute approximate surface area is 127 Å². The van der Waals surface area contributed by atoms with Crippen molar-refractivity contribution in [1.82, 2.24) is 0 Å². The van der Waals surface area contributed by atoms with Gasteiger partial charge in [-0.25, -0.2) is 0 Å². The number of hydrogen-bond acceptors (Lipinski definition) is 2. The lowest BCUT2D eigenvalue weighted by Crippen LogP contribution is -2.33. The number of nitriles is 1. The number of rotatable bonds is 4. The van der Waals surface area contributed by atoms with Gasteiger partial charge in [-0.05, 0) is 54.6 Å². The zero-order chi connectivity index (χ0) is 15.0. The molecule has 2 fully saturated rings. The van der Waals surface area contributed by atoms with E-state index >= 15 is 0 Å². The van der Waals surface area contributed by atoms with E-state index in [4.69, 9.17) is 0 Å². The molecule has 0 saturated heterocycles. The van der Waals surface area contributed by atoms with E-state index in [-0.39, 0.29) is 0 Å². The van der Waals surface area contributed by atoms with E-state index in [0.717, 1.165) is 31.2 Å². The van der Waals surface area contributed by atoms with Crippen LogP contribution in [0.1, 0.15) is 56.8 Å². The Bertz CT molecular complexity index is 542. The molecule has 1 N–H and O–H groups in total. The van der Waals surface area contributed by atoms with Crippen molar-refractivity contribution in [2.75, 3.05) is 0 Å². The molecule has 0 heterocycles. The summed E-state index contributed by atoms with van der Waals surface area (Å²) in [5.74, 6) is 1.68. The van der Waals surface area contributed by atoms with Crippen LogP contribution >= 0.6 is 0 Å². The quantitative estimate of drug-likeness (QED) is 0.897. The van der Waals surface area contributed by atoms with Crippen molar-refractivity contribution in [2.45, 2.75) is 52.1 Å². The van der Waals surface area contributed by atoms with Gasteiger partial charge < -0.3 is 5.11 Å². The number of nitrogens with zero attached hydrogens (tertiary/aromatic N) is 1. The molecule has 0 aromatic heterocycles. The molecule has 4 unspecified atom stereocenters. The largest absolute Gasteiger partial charge is 0.387 e. The van der Waals surface area contributed by atoms with Crippen LogP contribution in [-0.4, -0.2) is 5.11 Å². The molecule has 3 rings (SSSR count). The highest BCUT2D eigenvalue weighted by molar-refractivity contribution is 5.29. The number of aliphatic hydroxyl groups is 1. The molecule has 112 valence electrons. The summed E-state index contributed by atoms with van der Waals surface area (Å²) in [5.41, 5.74) is 1.68. The van der Waals surface area contributed by atoms with Crippen LogP contribution in [-0.2, 0) is 6.42 Å². The van der Waals surface area contributed by atoms with Gasteiger partial charge in [0, 0.05) is 0 Å². The molecule has 0 amide bonds. The van der Waals surface area contributed by atoms with Crippen LogP contribution in [0.15, 0.2) is 24.3 Å². The first-order valence-electron chi connectivity index (χ1n) is 8.23. The maximum atomic E-state index is 10.8. The smallest absolute Gasteiger partial charge is 0.0979 e. The molecule has 2 saturated carbocycles. The fourth-order valence-corrected chi connectivity index (χ4v) is 4.51. The van der Waals surface area contributed by atoms with E-state index in [2.05, 4.69) is 32.0 Å². The van der Waals surface area contributed by atoms with E-state index in [1.54, 1.807) is 0 Å². The standard InChI is InChI=1S/C19H25NO/c1-13(2)9-14-3-6-16(7-4-14)18(21)19(12-20)11-15-5-8-17(19)10-15/h3-4,6-7,13,15,17-18,21H,5,8-11H2,1-2H3. The highest BCUT2D eigenvalue weighted by Gasteiger charge is 2.55. The molecule has 2 nitrogen and oxygen atoms in total. The first-order valence-corrected chi connectivity index (χ1v) is 8.23. The maximum Gasteiger partial charge on any atom is 0.0979 e. The molecule has 0 spiro atoms. The van der Waals surface area contributed by atoms with Gasteiger partial charge in [0.05, 0.1) is 17.6 Å². The van der Waals surface area contributed by atoms with E-state index in [9.17, 15) is 10.4 Å². The van der Waals surface area contributed by atoms with Crippen LogP contribution in [0.3, 0.4) is 0 Å². The second-order valence-corrected chi connectivity index (χ2v) is 7.47. The normalized spacial score (nSPS) is 32.3. The van der Waals surface area contributed by atoms with Gasteiger partial charge in [0.2, 0.25) is 0 Å². The zero-order valence-corrected chi connectivity index (χ0v) is 13.0. The van der Waals surface area contributed by atoms with Gasteiger partial charge in [0.15, 0.2) is 0 Å². The predicted octanol–water partition coefficient (Wildman–Crippen LogP) is 4.25. The molecular formula is C19H25NO. The molecule has 2 aliphatic rings. The topological polar surface area (TPSA) is 44.0 Å². The summed E-state index contributed by atoms with van der Waals surface area (Å²) in [4.78, 5) is 0. The zero-order valence-electron chi connectivity index (χ0n) is 13.0. The van der Waals surface area contributed by atoms with Crippen molar-refractivity contribution in [2.24, 2.45) is 23.2 Å². The number of hydrogen-bond donors (Lipinski definition) is 1. The lowest BCUT2D eigenvalue weighted by Gasteiger charge is -2.35. The van der Waals surface area contributed by atoms with Gasteiger partial charge in [-0.15, -0.1) is 0 Å². The van der Waals surface area contributed by atoms with E-state index in [1.165, 1.54) is 12.0 Å². The summed E-state index contributed by atoms with van der Waals surface area (Å²) >= 11 is 0. The van der Waals surface area contributed by atoms with E-state index < -0.39 is 11.5 Å². The van der Waals surface area contributed by atoms with Gasteiger partial charge >= 0.3 is 0 Å². The highest BCUT2D eigenvalue weighted by Crippen LogP contribution is 2.60. The summed E-state index contributed by atoms with van der Waals surface area (Å²) < 4.78 is 0. The first-order chi connectivity index (χ1) is 10.0. The molecule has 2 heteroatoms. The van der Waals surface area contributed by atoms with Gasteiger partial charge in [-0.2, -0.15) is 5.26 Å². The van der Waals surface area contributed by atoms with Gasteiger partial charge in [0.25, 0.3) is 0 Å². The lowest BCUT2D eigenvalue weighted by atomic mass is 9.68. The monoisotopic (exact) mass is 283 g/mol. The molecular weight excluding hydrogens is 258 g/mol. The summed E-state index contributed by atoms with van der Waals surface area (Å²) in [6, 6.07) is 10.8. The third kappa shape index (κ3) is 2.49. The Morgan fingerprint density at radius 3 is 2.48 bits per heavy atom. The Morgan fingerprint density at radius 2 is 2.00 bits per heavy atom. The van der Waals surface area contributed by atoms with Gasteiger partial charge in [-0.3, -0.25) is 0 Å². The van der Waals surface area contributed by atoms with Gasteiger partial charge in [0.1, 0.15) is 0 Å². The average Bonchev–Trinajstić information content (AvgIpc) is 3.07. The first kappa shape index (κ1) is 14.6. The minimum atomic E-state index is -0.633. The molecule has 0 aliphatic heterocycles. The number of aliphatic hydroxyl groups excluding tert-OH is 1. The van der Waals surface area contributed by atoms with Crippen molar-refractivity contribution in [3.8, 4) is 6.07 Å². The summed E-state index contributed by atoms with van der Waals surface area (Å²) in [7, 11) is 0. The van der Waals surface area contributed by atoms with Crippen LogP contribution in [0.25, 0.3) is 0 Å².